The van der Waals surface area contributed by atoms with Crippen LogP contribution in [0.1, 0.15) is 12.7 Å². The average Bonchev–Trinajstić information content (AvgIpc) is 2.82. The first-order valence-corrected chi connectivity index (χ1v) is 7.81. The van der Waals surface area contributed by atoms with E-state index in [1.165, 1.54) is 5.75 Å². The third kappa shape index (κ3) is 2.46. The fourth-order valence-corrected chi connectivity index (χ4v) is 3.51. The number of hydrazine groups is 1. The molecule has 0 amide bonds. The van der Waals surface area contributed by atoms with Crippen LogP contribution in [0.5, 0.6) is 0 Å². The van der Waals surface area contributed by atoms with Crippen LogP contribution < -0.4 is 11.3 Å². The summed E-state index contributed by atoms with van der Waals surface area (Å²) in [6.45, 7) is 4.07. The van der Waals surface area contributed by atoms with Gasteiger partial charge in [0.05, 0.1) is 18.1 Å². The first-order valence-electron chi connectivity index (χ1n) is 6.66. The summed E-state index contributed by atoms with van der Waals surface area (Å²) in [5.41, 5.74) is 3.45. The summed E-state index contributed by atoms with van der Waals surface area (Å²) in [6, 6.07) is 0.550. The second-order valence-corrected chi connectivity index (χ2v) is 6.18. The molecule has 1 saturated heterocycles. The smallest absolute Gasteiger partial charge is 0.163 e. The van der Waals surface area contributed by atoms with Gasteiger partial charge in [0, 0.05) is 31.1 Å². The lowest BCUT2D eigenvalue weighted by atomic mass is 10.3. The van der Waals surface area contributed by atoms with E-state index >= 15 is 0 Å². The maximum Gasteiger partial charge on any atom is 0.163 e. The van der Waals surface area contributed by atoms with Gasteiger partial charge in [-0.2, -0.15) is 16.9 Å². The van der Waals surface area contributed by atoms with Gasteiger partial charge < -0.3 is 5.43 Å². The minimum Gasteiger partial charge on any atom is -0.308 e. The van der Waals surface area contributed by atoms with Crippen LogP contribution in [0.3, 0.4) is 0 Å². The fraction of sp³-hybridized carbons (Fsp3) is 0.583. The van der Waals surface area contributed by atoms with Crippen molar-refractivity contribution < 1.29 is 0 Å². The Morgan fingerprint density at radius 2 is 2.35 bits per heavy atom. The van der Waals surface area contributed by atoms with Crippen molar-refractivity contribution in [1.29, 1.82) is 0 Å². The molecule has 3 rings (SSSR count). The third-order valence-corrected chi connectivity index (χ3v) is 4.81. The molecule has 0 spiro atoms. The largest absolute Gasteiger partial charge is 0.308 e. The molecule has 3 heterocycles. The van der Waals surface area contributed by atoms with E-state index in [4.69, 9.17) is 5.84 Å². The molecule has 8 heteroatoms. The molecule has 3 N–H and O–H groups in total. The summed E-state index contributed by atoms with van der Waals surface area (Å²) >= 11 is 2.00. The van der Waals surface area contributed by atoms with Crippen molar-refractivity contribution in [3.8, 4) is 0 Å². The van der Waals surface area contributed by atoms with Gasteiger partial charge in [-0.3, -0.25) is 9.58 Å². The molecule has 1 fully saturated rings. The molecule has 0 aromatic carbocycles. The van der Waals surface area contributed by atoms with E-state index in [0.717, 1.165) is 35.7 Å². The van der Waals surface area contributed by atoms with Crippen LogP contribution in [0.2, 0.25) is 0 Å². The molecule has 7 nitrogen and oxygen atoms in total. The van der Waals surface area contributed by atoms with Gasteiger partial charge >= 0.3 is 0 Å². The van der Waals surface area contributed by atoms with Crippen molar-refractivity contribution >= 4 is 28.6 Å². The molecule has 1 unspecified atom stereocenters. The van der Waals surface area contributed by atoms with Gasteiger partial charge in [0.15, 0.2) is 11.5 Å². The number of nitrogens with two attached hydrogens (primary N) is 1. The summed E-state index contributed by atoms with van der Waals surface area (Å²) in [7, 11) is 1.87. The Balaban J connectivity index is 1.92. The molecule has 1 aliphatic rings. The number of nitrogens with zero attached hydrogens (tertiary/aromatic N) is 5. The molecule has 0 bridgehead atoms. The molecule has 108 valence electrons. The summed E-state index contributed by atoms with van der Waals surface area (Å²) in [5, 5.41) is 5.06. The Bertz CT molecular complexity index is 611. The zero-order valence-electron chi connectivity index (χ0n) is 11.7. The van der Waals surface area contributed by atoms with Crippen molar-refractivity contribution in [2.45, 2.75) is 19.5 Å². The molecule has 2 aromatic heterocycles. The van der Waals surface area contributed by atoms with Gasteiger partial charge in [0.1, 0.15) is 5.82 Å². The van der Waals surface area contributed by atoms with E-state index < -0.39 is 0 Å². The molecule has 0 aliphatic carbocycles. The number of aromatic nitrogens is 4. The van der Waals surface area contributed by atoms with Gasteiger partial charge in [-0.1, -0.05) is 0 Å². The third-order valence-electron chi connectivity index (χ3n) is 3.62. The van der Waals surface area contributed by atoms with Crippen LogP contribution in [-0.2, 0) is 13.6 Å². The number of anilines is 1. The van der Waals surface area contributed by atoms with Gasteiger partial charge in [-0.15, -0.1) is 0 Å². The summed E-state index contributed by atoms with van der Waals surface area (Å²) in [5.74, 6) is 9.31. The van der Waals surface area contributed by atoms with Crippen LogP contribution in [0.15, 0.2) is 6.20 Å². The second kappa shape index (κ2) is 5.55. The monoisotopic (exact) mass is 293 g/mol. The van der Waals surface area contributed by atoms with Crippen LogP contribution in [0.4, 0.5) is 5.82 Å². The van der Waals surface area contributed by atoms with E-state index in [1.807, 2.05) is 18.8 Å². The van der Waals surface area contributed by atoms with Gasteiger partial charge in [-0.25, -0.2) is 15.8 Å². The summed E-state index contributed by atoms with van der Waals surface area (Å²) in [4.78, 5) is 11.5. The quantitative estimate of drug-likeness (QED) is 0.632. The molecular formula is C12H19N7S. The Hall–Kier alpha value is -1.38. The Labute approximate surface area is 121 Å². The Kier molecular flexibility index (Phi) is 3.77. The standard InChI is InChI=1S/C12H19N7S/c1-8-7-20-4-3-19(8)6-10-15-11(17-13)9-5-14-18(2)12(9)16-10/h5,8H,3-4,6-7,13H2,1-2H3,(H,15,16,17). The molecular weight excluding hydrogens is 274 g/mol. The van der Waals surface area contributed by atoms with Crippen molar-refractivity contribution in [3.05, 3.63) is 12.0 Å². The predicted octanol–water partition coefficient (Wildman–Crippen LogP) is 0.586. The highest BCUT2D eigenvalue weighted by Gasteiger charge is 2.20. The minimum absolute atomic E-state index is 0.550. The maximum absolute atomic E-state index is 5.56. The molecule has 0 saturated carbocycles. The highest BCUT2D eigenvalue weighted by Crippen LogP contribution is 2.21. The van der Waals surface area contributed by atoms with Gasteiger partial charge in [-0.05, 0) is 6.92 Å². The number of aryl methyl sites for hydroxylation is 1. The summed E-state index contributed by atoms with van der Waals surface area (Å²) < 4.78 is 1.75. The zero-order chi connectivity index (χ0) is 14.1. The SMILES string of the molecule is CC1CSCCN1Cc1nc(NN)c2cnn(C)c2n1. The first-order chi connectivity index (χ1) is 9.69. The van der Waals surface area contributed by atoms with Crippen molar-refractivity contribution in [3.63, 3.8) is 0 Å². The molecule has 1 atom stereocenters. The predicted molar refractivity (Wildman–Crippen MR) is 81.3 cm³/mol. The summed E-state index contributed by atoms with van der Waals surface area (Å²) in [6.07, 6.45) is 1.73. The van der Waals surface area contributed by atoms with E-state index in [2.05, 4.69) is 32.3 Å². The van der Waals surface area contributed by atoms with E-state index in [9.17, 15) is 0 Å². The second-order valence-electron chi connectivity index (χ2n) is 5.03. The Morgan fingerprint density at radius 1 is 1.50 bits per heavy atom. The number of hydrogen-bond donors (Lipinski definition) is 2. The number of thioether (sulfide) groups is 1. The topological polar surface area (TPSA) is 84.9 Å². The number of fused-ring (bicyclic) bond motifs is 1. The molecule has 2 aromatic rings. The van der Waals surface area contributed by atoms with Crippen LogP contribution in [0, 0.1) is 0 Å². The van der Waals surface area contributed by atoms with Gasteiger partial charge in [0.2, 0.25) is 0 Å². The number of nitrogens with one attached hydrogen (secondary N) is 1. The zero-order valence-corrected chi connectivity index (χ0v) is 12.5. The van der Waals surface area contributed by atoms with Crippen molar-refractivity contribution in [1.82, 2.24) is 24.6 Å². The maximum atomic E-state index is 5.56. The number of rotatable bonds is 3. The lowest BCUT2D eigenvalue weighted by Crippen LogP contribution is -2.40. The number of hydrogen-bond acceptors (Lipinski definition) is 7. The van der Waals surface area contributed by atoms with Crippen molar-refractivity contribution in [2.75, 3.05) is 23.5 Å². The molecule has 1 aliphatic heterocycles. The lowest BCUT2D eigenvalue weighted by molar-refractivity contribution is 0.218. The van der Waals surface area contributed by atoms with Crippen molar-refractivity contribution in [2.24, 2.45) is 12.9 Å². The number of nitrogen functional groups attached to an aromatic ring is 1. The average molecular weight is 293 g/mol. The van der Waals surface area contributed by atoms with Gasteiger partial charge in [0.25, 0.3) is 0 Å². The minimum atomic E-state index is 0.550. The Morgan fingerprint density at radius 3 is 3.10 bits per heavy atom. The van der Waals surface area contributed by atoms with Crippen LogP contribution in [-0.4, -0.2) is 48.7 Å². The highest BCUT2D eigenvalue weighted by molar-refractivity contribution is 7.99. The van der Waals surface area contributed by atoms with Crippen LogP contribution in [0.25, 0.3) is 11.0 Å². The normalized spacial score (nSPS) is 20.4. The molecule has 20 heavy (non-hydrogen) atoms. The fourth-order valence-electron chi connectivity index (χ4n) is 2.43. The first kappa shape index (κ1) is 13.6. The van der Waals surface area contributed by atoms with E-state index in [1.54, 1.807) is 10.9 Å². The highest BCUT2D eigenvalue weighted by atomic mass is 32.2. The van der Waals surface area contributed by atoms with E-state index in [0.29, 0.717) is 11.9 Å². The lowest BCUT2D eigenvalue weighted by Gasteiger charge is -2.32. The van der Waals surface area contributed by atoms with Crippen LogP contribution >= 0.6 is 11.8 Å². The van der Waals surface area contributed by atoms with E-state index in [-0.39, 0.29) is 0 Å². The molecule has 0 radical (unpaired) electrons.